The van der Waals surface area contributed by atoms with Crippen LogP contribution in [0.5, 0.6) is 0 Å². The van der Waals surface area contributed by atoms with Crippen molar-refractivity contribution in [1.29, 1.82) is 0 Å². The van der Waals surface area contributed by atoms with Crippen molar-refractivity contribution < 1.29 is 4.74 Å². The number of nitrogens with zero attached hydrogens (tertiary/aromatic N) is 3. The quantitative estimate of drug-likeness (QED) is 0.859. The standard InChI is InChI=1S/C15H23N5O/c1-11-7-17-15(19-11)18-9-13-3-4-14(16-8-13)20-5-6-21-12(2)10-20/h3-4,8,11-12H,5-7,9-10H2,1-2H3,(H2,17,18,19). The lowest BCUT2D eigenvalue weighted by molar-refractivity contribution is 0.0529. The summed E-state index contributed by atoms with van der Waals surface area (Å²) in [5.41, 5.74) is 1.16. The number of pyridine rings is 1. The molecule has 0 bridgehead atoms. The Kier molecular flexibility index (Phi) is 4.24. The molecule has 1 aromatic rings. The van der Waals surface area contributed by atoms with Crippen LogP contribution in [0.4, 0.5) is 5.82 Å². The van der Waals surface area contributed by atoms with E-state index in [2.05, 4.69) is 51.5 Å². The van der Waals surface area contributed by atoms with Gasteiger partial charge >= 0.3 is 0 Å². The molecule has 0 saturated carbocycles. The van der Waals surface area contributed by atoms with Gasteiger partial charge in [0, 0.05) is 31.9 Å². The summed E-state index contributed by atoms with van der Waals surface area (Å²) in [5, 5.41) is 6.59. The maximum absolute atomic E-state index is 5.56. The Bertz CT molecular complexity index is 501. The van der Waals surface area contributed by atoms with Gasteiger partial charge in [-0.25, -0.2) is 4.98 Å². The van der Waals surface area contributed by atoms with Gasteiger partial charge in [-0.05, 0) is 25.5 Å². The van der Waals surface area contributed by atoms with Gasteiger partial charge in [0.25, 0.3) is 0 Å². The molecule has 2 unspecified atom stereocenters. The summed E-state index contributed by atoms with van der Waals surface area (Å²) in [4.78, 5) is 11.2. The zero-order chi connectivity index (χ0) is 14.7. The summed E-state index contributed by atoms with van der Waals surface area (Å²) in [6, 6.07) is 4.63. The Morgan fingerprint density at radius 3 is 3.00 bits per heavy atom. The average molecular weight is 289 g/mol. The molecule has 0 amide bonds. The predicted molar refractivity (Wildman–Crippen MR) is 83.6 cm³/mol. The number of morpholine rings is 1. The molecule has 21 heavy (non-hydrogen) atoms. The van der Waals surface area contributed by atoms with Gasteiger partial charge in [0.1, 0.15) is 5.82 Å². The SMILES string of the molecule is CC1CN=C(NCc2ccc(N3CCOC(C)C3)nc2)N1. The van der Waals surface area contributed by atoms with Crippen LogP contribution < -0.4 is 15.5 Å². The number of aliphatic imine (C=N–C) groups is 1. The van der Waals surface area contributed by atoms with E-state index in [0.717, 1.165) is 50.1 Å². The molecule has 1 saturated heterocycles. The topological polar surface area (TPSA) is 61.8 Å². The first-order chi connectivity index (χ1) is 10.2. The first kappa shape index (κ1) is 14.1. The predicted octanol–water partition coefficient (Wildman–Crippen LogP) is 0.744. The molecule has 3 rings (SSSR count). The monoisotopic (exact) mass is 289 g/mol. The molecule has 2 aliphatic rings. The Morgan fingerprint density at radius 2 is 2.33 bits per heavy atom. The highest BCUT2D eigenvalue weighted by Crippen LogP contribution is 2.15. The number of nitrogens with one attached hydrogen (secondary N) is 2. The smallest absolute Gasteiger partial charge is 0.191 e. The molecular weight excluding hydrogens is 266 g/mol. The van der Waals surface area contributed by atoms with Crippen molar-refractivity contribution in [2.75, 3.05) is 31.1 Å². The summed E-state index contributed by atoms with van der Waals surface area (Å²) in [7, 11) is 0. The Morgan fingerprint density at radius 1 is 1.43 bits per heavy atom. The van der Waals surface area contributed by atoms with Gasteiger partial charge in [0.15, 0.2) is 5.96 Å². The fourth-order valence-corrected chi connectivity index (χ4v) is 2.58. The van der Waals surface area contributed by atoms with E-state index in [1.807, 2.05) is 6.20 Å². The summed E-state index contributed by atoms with van der Waals surface area (Å²) < 4.78 is 5.56. The molecule has 3 heterocycles. The lowest BCUT2D eigenvalue weighted by Crippen LogP contribution is -2.41. The van der Waals surface area contributed by atoms with E-state index in [4.69, 9.17) is 4.74 Å². The summed E-state index contributed by atoms with van der Waals surface area (Å²) in [6.45, 7) is 8.39. The van der Waals surface area contributed by atoms with Gasteiger partial charge in [0.2, 0.25) is 0 Å². The maximum atomic E-state index is 5.56. The first-order valence-corrected chi connectivity index (χ1v) is 7.57. The second-order valence-corrected chi connectivity index (χ2v) is 5.74. The fraction of sp³-hybridized carbons (Fsp3) is 0.600. The van der Waals surface area contributed by atoms with Gasteiger partial charge in [-0.1, -0.05) is 6.07 Å². The third-order valence-corrected chi connectivity index (χ3v) is 3.74. The second kappa shape index (κ2) is 6.30. The van der Waals surface area contributed by atoms with E-state index < -0.39 is 0 Å². The summed E-state index contributed by atoms with van der Waals surface area (Å²) in [6.07, 6.45) is 2.21. The van der Waals surface area contributed by atoms with E-state index in [0.29, 0.717) is 6.04 Å². The fourth-order valence-electron chi connectivity index (χ4n) is 2.58. The molecule has 2 N–H and O–H groups in total. The van der Waals surface area contributed by atoms with Crippen molar-refractivity contribution in [2.24, 2.45) is 4.99 Å². The highest BCUT2D eigenvalue weighted by atomic mass is 16.5. The van der Waals surface area contributed by atoms with Gasteiger partial charge in [-0.2, -0.15) is 0 Å². The van der Waals surface area contributed by atoms with E-state index in [-0.39, 0.29) is 6.10 Å². The van der Waals surface area contributed by atoms with Crippen molar-refractivity contribution in [3.63, 3.8) is 0 Å². The van der Waals surface area contributed by atoms with Gasteiger partial charge < -0.3 is 20.3 Å². The van der Waals surface area contributed by atoms with E-state index in [9.17, 15) is 0 Å². The van der Waals surface area contributed by atoms with Crippen LogP contribution in [-0.2, 0) is 11.3 Å². The van der Waals surface area contributed by atoms with E-state index >= 15 is 0 Å². The largest absolute Gasteiger partial charge is 0.375 e. The van der Waals surface area contributed by atoms with Gasteiger partial charge in [0.05, 0.1) is 19.3 Å². The molecule has 0 radical (unpaired) electrons. The number of guanidine groups is 1. The van der Waals surface area contributed by atoms with Crippen LogP contribution in [0.15, 0.2) is 23.3 Å². The molecule has 1 fully saturated rings. The van der Waals surface area contributed by atoms with Crippen LogP contribution in [-0.4, -0.2) is 49.3 Å². The van der Waals surface area contributed by atoms with Crippen LogP contribution in [0, 0.1) is 0 Å². The summed E-state index contributed by atoms with van der Waals surface area (Å²) in [5.74, 6) is 1.91. The minimum absolute atomic E-state index is 0.273. The Hall–Kier alpha value is -1.82. The maximum Gasteiger partial charge on any atom is 0.191 e. The first-order valence-electron chi connectivity index (χ1n) is 7.57. The molecule has 6 nitrogen and oxygen atoms in total. The Labute approximate surface area is 125 Å². The van der Waals surface area contributed by atoms with Crippen molar-refractivity contribution in [1.82, 2.24) is 15.6 Å². The number of hydrogen-bond acceptors (Lipinski definition) is 6. The van der Waals surface area contributed by atoms with Crippen molar-refractivity contribution in [3.05, 3.63) is 23.9 Å². The van der Waals surface area contributed by atoms with Gasteiger partial charge in [-0.15, -0.1) is 0 Å². The van der Waals surface area contributed by atoms with Crippen molar-refractivity contribution in [3.8, 4) is 0 Å². The molecule has 0 aliphatic carbocycles. The zero-order valence-electron chi connectivity index (χ0n) is 12.7. The van der Waals surface area contributed by atoms with E-state index in [1.165, 1.54) is 0 Å². The minimum atomic E-state index is 0.273. The minimum Gasteiger partial charge on any atom is -0.375 e. The molecule has 0 spiro atoms. The third kappa shape index (κ3) is 3.64. The van der Waals surface area contributed by atoms with Gasteiger partial charge in [-0.3, -0.25) is 4.99 Å². The van der Waals surface area contributed by atoms with Crippen LogP contribution in [0.1, 0.15) is 19.4 Å². The van der Waals surface area contributed by atoms with Crippen LogP contribution in [0.2, 0.25) is 0 Å². The molecule has 2 aliphatic heterocycles. The highest BCUT2D eigenvalue weighted by Gasteiger charge is 2.17. The number of rotatable bonds is 3. The third-order valence-electron chi connectivity index (χ3n) is 3.74. The van der Waals surface area contributed by atoms with E-state index in [1.54, 1.807) is 0 Å². The molecule has 6 heteroatoms. The summed E-state index contributed by atoms with van der Waals surface area (Å²) >= 11 is 0. The lowest BCUT2D eigenvalue weighted by Gasteiger charge is -2.32. The second-order valence-electron chi connectivity index (χ2n) is 5.74. The van der Waals surface area contributed by atoms with Crippen LogP contribution >= 0.6 is 0 Å². The van der Waals surface area contributed by atoms with Crippen LogP contribution in [0.25, 0.3) is 0 Å². The number of ether oxygens (including phenoxy) is 1. The normalized spacial score (nSPS) is 25.4. The highest BCUT2D eigenvalue weighted by molar-refractivity contribution is 5.81. The Balaban J connectivity index is 1.54. The molecular formula is C15H23N5O. The van der Waals surface area contributed by atoms with Crippen molar-refractivity contribution in [2.45, 2.75) is 32.5 Å². The molecule has 2 atom stereocenters. The number of anilines is 1. The molecule has 0 aromatic carbocycles. The molecule has 114 valence electrons. The van der Waals surface area contributed by atoms with Crippen LogP contribution in [0.3, 0.4) is 0 Å². The molecule has 1 aromatic heterocycles. The van der Waals surface area contributed by atoms with Crippen molar-refractivity contribution >= 4 is 11.8 Å². The number of hydrogen-bond donors (Lipinski definition) is 2. The average Bonchev–Trinajstić information content (AvgIpc) is 2.91. The number of aromatic nitrogens is 1. The zero-order valence-corrected chi connectivity index (χ0v) is 12.7. The lowest BCUT2D eigenvalue weighted by atomic mass is 10.2.